The molecule has 0 aliphatic carbocycles. The number of ether oxygens (including phenoxy) is 3. The van der Waals surface area contributed by atoms with E-state index in [-0.39, 0.29) is 0 Å². The molecule has 7 nitrogen and oxygen atoms in total. The summed E-state index contributed by atoms with van der Waals surface area (Å²) in [6.45, 7) is 2.79. The molecule has 7 heteroatoms. The van der Waals surface area contributed by atoms with E-state index in [1.165, 1.54) is 0 Å². The van der Waals surface area contributed by atoms with Crippen molar-refractivity contribution in [3.05, 3.63) is 53.6 Å². The third kappa shape index (κ3) is 7.91. The van der Waals surface area contributed by atoms with Crippen LogP contribution in [0.1, 0.15) is 17.5 Å². The molecule has 0 aromatic heterocycles. The Kier molecular flexibility index (Phi) is 9.11. The smallest absolute Gasteiger partial charge is 0.189 e. The number of nitrogens with one attached hydrogen (secondary N) is 1. The van der Waals surface area contributed by atoms with Crippen molar-refractivity contribution in [2.45, 2.75) is 19.5 Å². The molecule has 0 aliphatic heterocycles. The minimum atomic E-state index is 0.392. The van der Waals surface area contributed by atoms with E-state index >= 15 is 0 Å². The molecule has 0 spiro atoms. The highest BCUT2D eigenvalue weighted by Crippen LogP contribution is 2.27. The zero-order valence-corrected chi connectivity index (χ0v) is 17.8. The lowest BCUT2D eigenvalue weighted by atomic mass is 10.2. The van der Waals surface area contributed by atoms with Gasteiger partial charge in [-0.2, -0.15) is 0 Å². The van der Waals surface area contributed by atoms with Gasteiger partial charge in [-0.25, -0.2) is 4.99 Å². The molecule has 2 aromatic carbocycles. The summed E-state index contributed by atoms with van der Waals surface area (Å²) in [5.41, 5.74) is 8.08. The fraction of sp³-hybridized carbons (Fsp3) is 0.409. The SMILES string of the molecule is COc1ccc(CN=C(N)NCc2ccc(OCCCN(C)C)cc2)cc1OC. The summed E-state index contributed by atoms with van der Waals surface area (Å²) in [7, 11) is 7.34. The molecule has 3 N–H and O–H groups in total. The molecular weight excluding hydrogens is 368 g/mol. The Bertz CT molecular complexity index is 776. The van der Waals surface area contributed by atoms with Gasteiger partial charge in [0, 0.05) is 13.1 Å². The highest BCUT2D eigenvalue weighted by atomic mass is 16.5. The molecule has 0 saturated carbocycles. The van der Waals surface area contributed by atoms with Gasteiger partial charge in [0.2, 0.25) is 0 Å². The van der Waals surface area contributed by atoms with Crippen molar-refractivity contribution < 1.29 is 14.2 Å². The lowest BCUT2D eigenvalue weighted by molar-refractivity contribution is 0.281. The van der Waals surface area contributed by atoms with Gasteiger partial charge in [-0.1, -0.05) is 18.2 Å². The van der Waals surface area contributed by atoms with Crippen LogP contribution in [0.2, 0.25) is 0 Å². The predicted molar refractivity (Wildman–Crippen MR) is 117 cm³/mol. The van der Waals surface area contributed by atoms with Crippen molar-refractivity contribution >= 4 is 5.96 Å². The van der Waals surface area contributed by atoms with Crippen molar-refractivity contribution in [3.8, 4) is 17.2 Å². The first-order chi connectivity index (χ1) is 14.0. The largest absolute Gasteiger partial charge is 0.494 e. The van der Waals surface area contributed by atoms with Crippen LogP contribution in [0.25, 0.3) is 0 Å². The quantitative estimate of drug-likeness (QED) is 0.343. The van der Waals surface area contributed by atoms with Crippen LogP contribution in [0, 0.1) is 0 Å². The molecule has 0 fully saturated rings. The number of rotatable bonds is 11. The number of hydrogen-bond donors (Lipinski definition) is 2. The highest BCUT2D eigenvalue weighted by molar-refractivity contribution is 5.77. The number of hydrogen-bond acceptors (Lipinski definition) is 5. The molecule has 0 radical (unpaired) electrons. The number of benzene rings is 2. The first-order valence-corrected chi connectivity index (χ1v) is 9.63. The van der Waals surface area contributed by atoms with Gasteiger partial charge in [0.15, 0.2) is 17.5 Å². The summed E-state index contributed by atoms with van der Waals surface area (Å²) in [5.74, 6) is 2.64. The molecular formula is C22H32N4O3. The number of aliphatic imine (C=N–C) groups is 1. The fourth-order valence-electron chi connectivity index (χ4n) is 2.68. The van der Waals surface area contributed by atoms with Gasteiger partial charge in [-0.05, 0) is 55.9 Å². The Labute approximate surface area is 173 Å². The maximum atomic E-state index is 5.99. The molecule has 0 saturated heterocycles. The van der Waals surface area contributed by atoms with Crippen molar-refractivity contribution in [1.29, 1.82) is 0 Å². The summed E-state index contributed by atoms with van der Waals surface area (Å²) >= 11 is 0. The average Bonchev–Trinajstić information content (AvgIpc) is 2.74. The van der Waals surface area contributed by atoms with Crippen LogP contribution < -0.4 is 25.3 Å². The molecule has 0 aliphatic rings. The van der Waals surface area contributed by atoms with Crippen LogP contribution in [0.3, 0.4) is 0 Å². The van der Waals surface area contributed by atoms with Gasteiger partial charge in [0.05, 0.1) is 27.4 Å². The lowest BCUT2D eigenvalue weighted by Crippen LogP contribution is -2.31. The van der Waals surface area contributed by atoms with E-state index in [0.717, 1.165) is 29.8 Å². The Morgan fingerprint density at radius 3 is 2.34 bits per heavy atom. The van der Waals surface area contributed by atoms with E-state index in [9.17, 15) is 0 Å². The average molecular weight is 401 g/mol. The van der Waals surface area contributed by atoms with Gasteiger partial charge in [0.25, 0.3) is 0 Å². The number of nitrogens with zero attached hydrogens (tertiary/aromatic N) is 2. The van der Waals surface area contributed by atoms with E-state index < -0.39 is 0 Å². The van der Waals surface area contributed by atoms with Crippen molar-refractivity contribution in [3.63, 3.8) is 0 Å². The lowest BCUT2D eigenvalue weighted by Gasteiger charge is -2.11. The highest BCUT2D eigenvalue weighted by Gasteiger charge is 2.04. The normalized spacial score (nSPS) is 11.4. The Balaban J connectivity index is 1.78. The van der Waals surface area contributed by atoms with Crippen molar-refractivity contribution in [1.82, 2.24) is 10.2 Å². The topological polar surface area (TPSA) is 81.3 Å². The van der Waals surface area contributed by atoms with Gasteiger partial charge >= 0.3 is 0 Å². The van der Waals surface area contributed by atoms with E-state index in [2.05, 4.69) is 29.3 Å². The minimum absolute atomic E-state index is 0.392. The van der Waals surface area contributed by atoms with Gasteiger partial charge in [0.1, 0.15) is 5.75 Å². The molecule has 0 amide bonds. The van der Waals surface area contributed by atoms with Crippen molar-refractivity contribution in [2.24, 2.45) is 10.7 Å². The van der Waals surface area contributed by atoms with Crippen LogP contribution in [0.5, 0.6) is 17.2 Å². The minimum Gasteiger partial charge on any atom is -0.494 e. The number of nitrogens with two attached hydrogens (primary N) is 1. The molecule has 0 atom stereocenters. The van der Waals surface area contributed by atoms with E-state index in [1.54, 1.807) is 14.2 Å². The van der Waals surface area contributed by atoms with Crippen LogP contribution in [0.4, 0.5) is 0 Å². The van der Waals surface area contributed by atoms with Crippen LogP contribution in [-0.2, 0) is 13.1 Å². The summed E-state index contributed by atoms with van der Waals surface area (Å²) in [6.07, 6.45) is 1.00. The zero-order valence-electron chi connectivity index (χ0n) is 17.8. The second-order valence-electron chi connectivity index (χ2n) is 6.89. The van der Waals surface area contributed by atoms with Crippen LogP contribution in [-0.4, -0.2) is 52.3 Å². The summed E-state index contributed by atoms with van der Waals surface area (Å²) in [4.78, 5) is 6.53. The maximum absolute atomic E-state index is 5.99. The molecule has 0 bridgehead atoms. The first kappa shape index (κ1) is 22.4. The fourth-order valence-corrected chi connectivity index (χ4v) is 2.68. The van der Waals surface area contributed by atoms with Gasteiger partial charge in [-0.15, -0.1) is 0 Å². The summed E-state index contributed by atoms with van der Waals surface area (Å²) < 4.78 is 16.3. The standard InChI is InChI=1S/C22H32N4O3/c1-26(2)12-5-13-29-19-9-6-17(7-10-19)15-24-22(23)25-16-18-8-11-20(27-3)21(14-18)28-4/h6-11,14H,5,12-13,15-16H2,1-4H3,(H3,23,24,25). The Morgan fingerprint density at radius 2 is 1.69 bits per heavy atom. The number of guanidine groups is 1. The molecule has 29 heavy (non-hydrogen) atoms. The molecule has 0 heterocycles. The third-order valence-corrected chi connectivity index (χ3v) is 4.30. The first-order valence-electron chi connectivity index (χ1n) is 9.63. The Hall–Kier alpha value is -2.93. The van der Waals surface area contributed by atoms with E-state index in [4.69, 9.17) is 19.9 Å². The van der Waals surface area contributed by atoms with E-state index in [0.29, 0.717) is 37.2 Å². The maximum Gasteiger partial charge on any atom is 0.189 e. The molecule has 2 aromatic rings. The second kappa shape index (κ2) is 11.8. The zero-order chi connectivity index (χ0) is 21.1. The third-order valence-electron chi connectivity index (χ3n) is 4.30. The summed E-state index contributed by atoms with van der Waals surface area (Å²) in [5, 5.41) is 3.13. The summed E-state index contributed by atoms with van der Waals surface area (Å²) in [6, 6.07) is 13.7. The molecule has 158 valence electrons. The monoisotopic (exact) mass is 400 g/mol. The predicted octanol–water partition coefficient (Wildman–Crippen LogP) is 2.64. The molecule has 0 unspecified atom stereocenters. The second-order valence-corrected chi connectivity index (χ2v) is 6.89. The van der Waals surface area contributed by atoms with Crippen LogP contribution >= 0.6 is 0 Å². The Morgan fingerprint density at radius 1 is 1.00 bits per heavy atom. The van der Waals surface area contributed by atoms with Crippen molar-refractivity contribution in [2.75, 3.05) is 41.5 Å². The molecule has 2 rings (SSSR count). The number of methoxy groups -OCH3 is 2. The van der Waals surface area contributed by atoms with Gasteiger partial charge in [-0.3, -0.25) is 0 Å². The van der Waals surface area contributed by atoms with Crippen LogP contribution in [0.15, 0.2) is 47.5 Å². The van der Waals surface area contributed by atoms with Gasteiger partial charge < -0.3 is 30.2 Å². The van der Waals surface area contributed by atoms with E-state index in [1.807, 2.05) is 42.5 Å².